The number of methoxy groups -OCH3 is 1. The summed E-state index contributed by atoms with van der Waals surface area (Å²) in [5, 5.41) is 7.64. The normalized spacial score (nSPS) is 10.2. The maximum atomic E-state index is 12.5. The molecule has 0 aliphatic rings. The van der Waals surface area contributed by atoms with Crippen LogP contribution in [0.1, 0.15) is 10.4 Å². The van der Waals surface area contributed by atoms with Crippen molar-refractivity contribution in [1.29, 1.82) is 0 Å². The average Bonchev–Trinajstić information content (AvgIpc) is 2.61. The fourth-order valence-electron chi connectivity index (χ4n) is 2.32. The summed E-state index contributed by atoms with van der Waals surface area (Å²) < 4.78 is 5.34. The van der Waals surface area contributed by atoms with Gasteiger partial charge in [0.25, 0.3) is 5.91 Å². The van der Waals surface area contributed by atoms with Crippen LogP contribution in [0.4, 0.5) is 5.82 Å². The molecule has 3 aromatic rings. The van der Waals surface area contributed by atoms with Crippen molar-refractivity contribution < 1.29 is 9.53 Å². The molecule has 0 fully saturated rings. The fourth-order valence-corrected chi connectivity index (χ4v) is 2.52. The summed E-state index contributed by atoms with van der Waals surface area (Å²) >= 11 is 5.16. The second-order valence-corrected chi connectivity index (χ2v) is 5.43. The number of amides is 1. The Balaban J connectivity index is 1.81. The van der Waals surface area contributed by atoms with Crippen LogP contribution in [0.3, 0.4) is 0 Å². The number of carbonyl (C=O) groups excluding carboxylic acids is 1. The fraction of sp³-hybridized carbons (Fsp3) is 0.0556. The predicted molar refractivity (Wildman–Crippen MR) is 98.4 cm³/mol. The molecule has 0 aliphatic carbocycles. The molecule has 2 N–H and O–H groups in total. The molecule has 3 rings (SSSR count). The van der Waals surface area contributed by atoms with Gasteiger partial charge >= 0.3 is 0 Å². The lowest BCUT2D eigenvalue weighted by atomic mass is 10.1. The topological polar surface area (TPSA) is 63.2 Å². The van der Waals surface area contributed by atoms with Crippen LogP contribution in [0.2, 0.25) is 0 Å². The number of thiocarbonyl (C=S) groups is 1. The number of rotatable bonds is 3. The number of nitrogens with one attached hydrogen (secondary N) is 2. The zero-order chi connectivity index (χ0) is 16.9. The lowest BCUT2D eigenvalue weighted by Gasteiger charge is -2.12. The van der Waals surface area contributed by atoms with Gasteiger partial charge in [-0.3, -0.25) is 10.1 Å². The van der Waals surface area contributed by atoms with E-state index in [1.165, 1.54) is 7.11 Å². The number of benzene rings is 2. The standard InChI is InChI=1S/C18H15N3O2S/c1-23-15-11-13-7-3-2-6-12(13)10-14(15)17(22)21-18(24)20-16-8-4-5-9-19-16/h2-11H,1H3,(H2,19,20,21,22,24). The molecule has 120 valence electrons. The van der Waals surface area contributed by atoms with E-state index in [0.29, 0.717) is 17.1 Å². The van der Waals surface area contributed by atoms with Crippen molar-refractivity contribution in [1.82, 2.24) is 10.3 Å². The largest absolute Gasteiger partial charge is 0.496 e. The van der Waals surface area contributed by atoms with Crippen molar-refractivity contribution >= 4 is 39.8 Å². The molecule has 0 saturated carbocycles. The first-order valence-electron chi connectivity index (χ1n) is 7.27. The number of nitrogens with zero attached hydrogens (tertiary/aromatic N) is 1. The Bertz CT molecular complexity index is 897. The summed E-state index contributed by atoms with van der Waals surface area (Å²) in [6.45, 7) is 0. The minimum atomic E-state index is -0.342. The van der Waals surface area contributed by atoms with Crippen molar-refractivity contribution in [3.8, 4) is 5.75 Å². The van der Waals surface area contributed by atoms with E-state index in [-0.39, 0.29) is 11.0 Å². The summed E-state index contributed by atoms with van der Waals surface area (Å²) in [6.07, 6.45) is 1.64. The van der Waals surface area contributed by atoms with E-state index in [0.717, 1.165) is 10.8 Å². The molecule has 0 bridgehead atoms. The molecule has 5 nitrogen and oxygen atoms in total. The van der Waals surface area contributed by atoms with Crippen LogP contribution in [0.25, 0.3) is 10.8 Å². The van der Waals surface area contributed by atoms with E-state index in [1.54, 1.807) is 24.4 Å². The Morgan fingerprint density at radius 3 is 2.46 bits per heavy atom. The Hall–Kier alpha value is -2.99. The number of ether oxygens (including phenoxy) is 1. The first-order chi connectivity index (χ1) is 11.7. The van der Waals surface area contributed by atoms with Crippen LogP contribution in [0.15, 0.2) is 60.8 Å². The molecule has 6 heteroatoms. The van der Waals surface area contributed by atoms with E-state index in [4.69, 9.17) is 17.0 Å². The van der Waals surface area contributed by atoms with Crippen LogP contribution in [0, 0.1) is 0 Å². The van der Waals surface area contributed by atoms with Crippen molar-refractivity contribution in [2.24, 2.45) is 0 Å². The van der Waals surface area contributed by atoms with Gasteiger partial charge in [0.15, 0.2) is 5.11 Å². The number of carbonyl (C=O) groups is 1. The lowest BCUT2D eigenvalue weighted by molar-refractivity contribution is 0.0975. The second-order valence-electron chi connectivity index (χ2n) is 5.02. The maximum absolute atomic E-state index is 12.5. The van der Waals surface area contributed by atoms with Crippen LogP contribution in [-0.4, -0.2) is 23.1 Å². The molecule has 0 aliphatic heterocycles. The van der Waals surface area contributed by atoms with E-state index in [2.05, 4.69) is 15.6 Å². The summed E-state index contributed by atoms with van der Waals surface area (Å²) in [5.74, 6) is 0.714. The van der Waals surface area contributed by atoms with Gasteiger partial charge < -0.3 is 10.1 Å². The average molecular weight is 337 g/mol. The number of fused-ring (bicyclic) bond motifs is 1. The third-order valence-electron chi connectivity index (χ3n) is 3.45. The first kappa shape index (κ1) is 15.9. The molecule has 0 saturated heterocycles. The molecule has 0 atom stereocenters. The van der Waals surface area contributed by atoms with Crippen molar-refractivity contribution in [3.63, 3.8) is 0 Å². The SMILES string of the molecule is COc1cc2ccccc2cc1C(=O)NC(=S)Nc1ccccn1. The first-order valence-corrected chi connectivity index (χ1v) is 7.68. The molecular formula is C18H15N3O2S. The Kier molecular flexibility index (Phi) is 4.67. The number of pyridine rings is 1. The Morgan fingerprint density at radius 2 is 1.79 bits per heavy atom. The third kappa shape index (κ3) is 3.49. The van der Waals surface area contributed by atoms with Gasteiger partial charge in [-0.25, -0.2) is 4.98 Å². The van der Waals surface area contributed by atoms with Gasteiger partial charge in [0.2, 0.25) is 0 Å². The number of anilines is 1. The summed E-state index contributed by atoms with van der Waals surface area (Å²) in [5.41, 5.74) is 0.418. The zero-order valence-electron chi connectivity index (χ0n) is 12.9. The molecule has 1 amide bonds. The highest BCUT2D eigenvalue weighted by Gasteiger charge is 2.15. The van der Waals surface area contributed by atoms with Crippen molar-refractivity contribution in [3.05, 3.63) is 66.4 Å². The summed E-state index contributed by atoms with van der Waals surface area (Å²) in [6, 6.07) is 16.8. The van der Waals surface area contributed by atoms with Gasteiger partial charge in [0.05, 0.1) is 12.7 Å². The van der Waals surface area contributed by atoms with Gasteiger partial charge in [-0.05, 0) is 47.3 Å². The molecule has 2 aromatic carbocycles. The summed E-state index contributed by atoms with van der Waals surface area (Å²) in [4.78, 5) is 16.6. The monoisotopic (exact) mass is 337 g/mol. The number of hydrogen-bond acceptors (Lipinski definition) is 4. The smallest absolute Gasteiger partial charge is 0.261 e. The van der Waals surface area contributed by atoms with Crippen LogP contribution >= 0.6 is 12.2 Å². The second kappa shape index (κ2) is 7.06. The summed E-state index contributed by atoms with van der Waals surface area (Å²) in [7, 11) is 1.53. The predicted octanol–water partition coefficient (Wildman–Crippen LogP) is 3.37. The van der Waals surface area contributed by atoms with E-state index >= 15 is 0 Å². The van der Waals surface area contributed by atoms with E-state index in [9.17, 15) is 4.79 Å². The van der Waals surface area contributed by atoms with Gasteiger partial charge in [0, 0.05) is 6.20 Å². The Morgan fingerprint density at radius 1 is 1.08 bits per heavy atom. The molecule has 0 spiro atoms. The van der Waals surface area contributed by atoms with Gasteiger partial charge in [-0.2, -0.15) is 0 Å². The quantitative estimate of drug-likeness (QED) is 0.718. The van der Waals surface area contributed by atoms with Gasteiger partial charge in [-0.1, -0.05) is 30.3 Å². The minimum absolute atomic E-state index is 0.175. The van der Waals surface area contributed by atoms with E-state index < -0.39 is 0 Å². The van der Waals surface area contributed by atoms with Gasteiger partial charge in [-0.15, -0.1) is 0 Å². The number of hydrogen-bond donors (Lipinski definition) is 2. The molecule has 24 heavy (non-hydrogen) atoms. The van der Waals surface area contributed by atoms with Crippen LogP contribution in [0.5, 0.6) is 5.75 Å². The molecule has 0 radical (unpaired) electrons. The maximum Gasteiger partial charge on any atom is 0.261 e. The van der Waals surface area contributed by atoms with Crippen molar-refractivity contribution in [2.45, 2.75) is 0 Å². The van der Waals surface area contributed by atoms with Crippen LogP contribution in [-0.2, 0) is 0 Å². The number of aromatic nitrogens is 1. The van der Waals surface area contributed by atoms with Gasteiger partial charge in [0.1, 0.15) is 11.6 Å². The molecule has 1 heterocycles. The molecule has 1 aromatic heterocycles. The third-order valence-corrected chi connectivity index (χ3v) is 3.65. The van der Waals surface area contributed by atoms with Crippen molar-refractivity contribution in [2.75, 3.05) is 12.4 Å². The molecular weight excluding hydrogens is 322 g/mol. The Labute approximate surface area is 144 Å². The zero-order valence-corrected chi connectivity index (χ0v) is 13.8. The minimum Gasteiger partial charge on any atom is -0.496 e. The molecule has 0 unspecified atom stereocenters. The highest BCUT2D eigenvalue weighted by Crippen LogP contribution is 2.25. The lowest BCUT2D eigenvalue weighted by Crippen LogP contribution is -2.34. The highest BCUT2D eigenvalue weighted by molar-refractivity contribution is 7.80. The van der Waals surface area contributed by atoms with Crippen LogP contribution < -0.4 is 15.4 Å². The highest BCUT2D eigenvalue weighted by atomic mass is 32.1. The van der Waals surface area contributed by atoms with E-state index in [1.807, 2.05) is 36.4 Å².